The minimum absolute atomic E-state index is 0.308. The van der Waals surface area contributed by atoms with E-state index >= 15 is 0 Å². The van der Waals surface area contributed by atoms with Crippen molar-refractivity contribution < 1.29 is 0 Å². The molecule has 0 nitrogen and oxygen atoms in total. The molecule has 1 atom stereocenters. The van der Waals surface area contributed by atoms with E-state index in [2.05, 4.69) is 53.2 Å². The average molecular weight is 352 g/mol. The number of rotatable bonds is 6. The summed E-state index contributed by atoms with van der Waals surface area (Å²) in [7, 11) is 0. The lowest BCUT2D eigenvalue weighted by molar-refractivity contribution is 0.794. The van der Waals surface area contributed by atoms with Gasteiger partial charge in [0.15, 0.2) is 0 Å². The normalized spacial score (nSPS) is 12.3. The molecule has 0 saturated carbocycles. The van der Waals surface area contributed by atoms with E-state index in [0.29, 0.717) is 4.83 Å². The summed E-state index contributed by atoms with van der Waals surface area (Å²) in [5.41, 5.74) is 3.92. The van der Waals surface area contributed by atoms with Crippen molar-refractivity contribution in [1.29, 1.82) is 0 Å². The molecule has 0 N–H and O–H groups in total. The topological polar surface area (TPSA) is 0 Å². The molecule has 2 rings (SSSR count). The second-order valence-corrected chi connectivity index (χ2v) is 6.62. The van der Waals surface area contributed by atoms with Gasteiger partial charge in [-0.15, -0.1) is 0 Å². The van der Waals surface area contributed by atoms with Crippen LogP contribution < -0.4 is 0 Å². The maximum Gasteiger partial charge on any atom is 0.0438 e. The van der Waals surface area contributed by atoms with Gasteiger partial charge in [-0.2, -0.15) is 0 Å². The van der Waals surface area contributed by atoms with Crippen LogP contribution in [0.5, 0.6) is 0 Å². The summed E-state index contributed by atoms with van der Waals surface area (Å²) in [5, 5.41) is 0.844. The highest BCUT2D eigenvalue weighted by atomic mass is 79.9. The quantitative estimate of drug-likeness (QED) is 0.531. The molecule has 106 valence electrons. The number of hydrogen-bond donors (Lipinski definition) is 0. The number of benzene rings is 2. The fraction of sp³-hybridized carbons (Fsp3) is 0.333. The van der Waals surface area contributed by atoms with Gasteiger partial charge < -0.3 is 0 Å². The minimum Gasteiger partial charge on any atom is -0.0840 e. The summed E-state index contributed by atoms with van der Waals surface area (Å²) < 4.78 is 0. The Balaban J connectivity index is 2.02. The summed E-state index contributed by atoms with van der Waals surface area (Å²) in [5.74, 6) is 0. The summed E-state index contributed by atoms with van der Waals surface area (Å²) >= 11 is 9.99. The Morgan fingerprint density at radius 1 is 1.05 bits per heavy atom. The van der Waals surface area contributed by atoms with E-state index in [1.54, 1.807) is 0 Å². The summed E-state index contributed by atoms with van der Waals surface area (Å²) in [6, 6.07) is 17.0. The second-order valence-electron chi connectivity index (χ2n) is 5.11. The van der Waals surface area contributed by atoms with E-state index < -0.39 is 0 Å². The van der Waals surface area contributed by atoms with E-state index in [-0.39, 0.29) is 0 Å². The summed E-state index contributed by atoms with van der Waals surface area (Å²) in [6.45, 7) is 2.23. The van der Waals surface area contributed by atoms with E-state index in [9.17, 15) is 0 Å². The molecule has 0 aromatic heterocycles. The standard InChI is InChI=1S/C18H20BrCl/c1-2-3-6-14-9-11-15(12-10-14)17(19)13-16-7-4-5-8-18(16)20/h4-5,7-12,17H,2-3,6,13H2,1H3. The van der Waals surface area contributed by atoms with Gasteiger partial charge in [0.1, 0.15) is 0 Å². The van der Waals surface area contributed by atoms with Crippen molar-refractivity contribution in [3.8, 4) is 0 Å². The summed E-state index contributed by atoms with van der Waals surface area (Å²) in [6.07, 6.45) is 4.59. The number of aryl methyl sites for hydroxylation is 1. The molecule has 0 aliphatic carbocycles. The van der Waals surface area contributed by atoms with Gasteiger partial charge >= 0.3 is 0 Å². The van der Waals surface area contributed by atoms with E-state index in [0.717, 1.165) is 11.4 Å². The van der Waals surface area contributed by atoms with Gasteiger partial charge in [0, 0.05) is 9.85 Å². The van der Waals surface area contributed by atoms with Crippen LogP contribution in [-0.4, -0.2) is 0 Å². The Hall–Kier alpha value is -0.790. The van der Waals surface area contributed by atoms with Crippen LogP contribution in [0.2, 0.25) is 5.02 Å². The number of alkyl halides is 1. The first-order chi connectivity index (χ1) is 9.70. The van der Waals surface area contributed by atoms with Crippen LogP contribution >= 0.6 is 27.5 Å². The van der Waals surface area contributed by atoms with Crippen molar-refractivity contribution in [2.45, 2.75) is 37.4 Å². The molecule has 0 aliphatic rings. The maximum absolute atomic E-state index is 6.22. The molecule has 0 heterocycles. The fourth-order valence-electron chi connectivity index (χ4n) is 2.25. The third kappa shape index (κ3) is 4.36. The molecule has 0 bridgehead atoms. The molecule has 20 heavy (non-hydrogen) atoms. The van der Waals surface area contributed by atoms with Crippen molar-refractivity contribution in [3.05, 3.63) is 70.2 Å². The zero-order valence-electron chi connectivity index (χ0n) is 11.8. The smallest absolute Gasteiger partial charge is 0.0438 e. The molecule has 0 aliphatic heterocycles. The van der Waals surface area contributed by atoms with Crippen molar-refractivity contribution in [3.63, 3.8) is 0 Å². The predicted octanol–water partition coefficient (Wildman–Crippen LogP) is 6.36. The molecule has 0 spiro atoms. The predicted molar refractivity (Wildman–Crippen MR) is 91.9 cm³/mol. The molecule has 1 unspecified atom stereocenters. The molecule has 2 aromatic rings. The van der Waals surface area contributed by atoms with Crippen molar-refractivity contribution in [2.75, 3.05) is 0 Å². The van der Waals surface area contributed by atoms with Gasteiger partial charge in [-0.25, -0.2) is 0 Å². The first-order valence-corrected chi connectivity index (χ1v) is 8.46. The lowest BCUT2D eigenvalue weighted by atomic mass is 10.0. The Kier molecular flexibility index (Phi) is 6.12. The monoisotopic (exact) mass is 350 g/mol. The zero-order chi connectivity index (χ0) is 14.4. The third-order valence-corrected chi connectivity index (χ3v) is 4.74. The maximum atomic E-state index is 6.22. The zero-order valence-corrected chi connectivity index (χ0v) is 14.1. The molecular weight excluding hydrogens is 332 g/mol. The third-order valence-electron chi connectivity index (χ3n) is 3.52. The van der Waals surface area contributed by atoms with Crippen LogP contribution in [0.25, 0.3) is 0 Å². The molecular formula is C18H20BrCl. The first-order valence-electron chi connectivity index (χ1n) is 7.17. The molecule has 0 radical (unpaired) electrons. The van der Waals surface area contributed by atoms with E-state index in [1.807, 2.05) is 18.2 Å². The van der Waals surface area contributed by atoms with Gasteiger partial charge in [-0.1, -0.05) is 83.3 Å². The van der Waals surface area contributed by atoms with Gasteiger partial charge in [0.2, 0.25) is 0 Å². The van der Waals surface area contributed by atoms with Crippen LogP contribution in [0.1, 0.15) is 41.3 Å². The largest absolute Gasteiger partial charge is 0.0840 e. The highest BCUT2D eigenvalue weighted by Crippen LogP contribution is 2.30. The Morgan fingerprint density at radius 2 is 1.75 bits per heavy atom. The fourth-order valence-corrected chi connectivity index (χ4v) is 3.12. The molecule has 0 fully saturated rings. The number of halogens is 2. The SMILES string of the molecule is CCCCc1ccc(C(Br)Cc2ccccc2Cl)cc1. The highest BCUT2D eigenvalue weighted by molar-refractivity contribution is 9.09. The van der Waals surface area contributed by atoms with Crippen LogP contribution in [0, 0.1) is 0 Å². The number of hydrogen-bond acceptors (Lipinski definition) is 0. The Morgan fingerprint density at radius 3 is 2.40 bits per heavy atom. The minimum atomic E-state index is 0.308. The molecule has 0 saturated heterocycles. The van der Waals surface area contributed by atoms with Gasteiger partial charge in [0.05, 0.1) is 0 Å². The Labute approximate surface area is 135 Å². The van der Waals surface area contributed by atoms with Gasteiger partial charge in [0.25, 0.3) is 0 Å². The van der Waals surface area contributed by atoms with E-state index in [4.69, 9.17) is 11.6 Å². The first kappa shape index (κ1) is 15.6. The lowest BCUT2D eigenvalue weighted by Gasteiger charge is -2.12. The van der Waals surface area contributed by atoms with E-state index in [1.165, 1.54) is 36.0 Å². The van der Waals surface area contributed by atoms with Crippen LogP contribution in [0.4, 0.5) is 0 Å². The van der Waals surface area contributed by atoms with Crippen LogP contribution in [0.15, 0.2) is 48.5 Å². The molecule has 0 amide bonds. The van der Waals surface area contributed by atoms with Crippen LogP contribution in [0.3, 0.4) is 0 Å². The van der Waals surface area contributed by atoms with Crippen molar-refractivity contribution in [2.24, 2.45) is 0 Å². The number of unbranched alkanes of at least 4 members (excludes halogenated alkanes) is 1. The van der Waals surface area contributed by atoms with Gasteiger partial charge in [-0.3, -0.25) is 0 Å². The van der Waals surface area contributed by atoms with Crippen molar-refractivity contribution >= 4 is 27.5 Å². The second kappa shape index (κ2) is 7.85. The average Bonchev–Trinajstić information content (AvgIpc) is 2.48. The van der Waals surface area contributed by atoms with Gasteiger partial charge in [-0.05, 0) is 42.0 Å². The highest BCUT2D eigenvalue weighted by Gasteiger charge is 2.10. The summed E-state index contributed by atoms with van der Waals surface area (Å²) in [4.78, 5) is 0.308. The van der Waals surface area contributed by atoms with Crippen LogP contribution in [-0.2, 0) is 12.8 Å². The Bertz CT molecular complexity index is 533. The lowest BCUT2D eigenvalue weighted by Crippen LogP contribution is -1.96. The molecule has 2 heteroatoms. The molecule has 2 aromatic carbocycles. The van der Waals surface area contributed by atoms with Crippen molar-refractivity contribution in [1.82, 2.24) is 0 Å².